The number of ketones is 1. The van der Waals surface area contributed by atoms with E-state index in [1.807, 2.05) is 41.0 Å². The van der Waals surface area contributed by atoms with Crippen molar-refractivity contribution in [1.29, 1.82) is 0 Å². The van der Waals surface area contributed by atoms with Gasteiger partial charge in [-0.05, 0) is 23.1 Å². The third-order valence-electron chi connectivity index (χ3n) is 4.37. The van der Waals surface area contributed by atoms with Gasteiger partial charge < -0.3 is 0 Å². The number of pyridine rings is 1. The summed E-state index contributed by atoms with van der Waals surface area (Å²) < 4.78 is 1.96. The number of hydrogen-bond acceptors (Lipinski definition) is 5. The maximum Gasteiger partial charge on any atom is 0.192 e. The molecule has 28 heavy (non-hydrogen) atoms. The molecule has 5 nitrogen and oxygen atoms in total. The fourth-order valence-electron chi connectivity index (χ4n) is 2.77. The van der Waals surface area contributed by atoms with Crippen molar-refractivity contribution in [2.75, 3.05) is 5.75 Å². The van der Waals surface area contributed by atoms with E-state index >= 15 is 0 Å². The molecule has 3 rings (SSSR count). The van der Waals surface area contributed by atoms with E-state index in [1.54, 1.807) is 18.5 Å². The zero-order valence-electron chi connectivity index (χ0n) is 16.4. The molecule has 0 amide bonds. The Labute approximate surface area is 169 Å². The summed E-state index contributed by atoms with van der Waals surface area (Å²) in [6.07, 6.45) is 5.24. The van der Waals surface area contributed by atoms with Gasteiger partial charge in [-0.1, -0.05) is 62.9 Å². The summed E-state index contributed by atoms with van der Waals surface area (Å²) in [7, 11) is 0. The molecule has 0 saturated heterocycles. The van der Waals surface area contributed by atoms with Gasteiger partial charge in [0.05, 0.1) is 5.75 Å². The van der Waals surface area contributed by atoms with Crippen LogP contribution in [0.5, 0.6) is 0 Å². The number of carbonyl (C=O) groups excluding carboxylic acids is 1. The number of carbonyl (C=O) groups is 1. The van der Waals surface area contributed by atoms with Crippen LogP contribution in [0.1, 0.15) is 36.7 Å². The number of hydrogen-bond donors (Lipinski definition) is 0. The Balaban J connectivity index is 1.74. The molecule has 0 unspecified atom stereocenters. The number of rotatable bonds is 7. The van der Waals surface area contributed by atoms with Crippen LogP contribution in [0.2, 0.25) is 0 Å². The number of nitrogens with zero attached hydrogens (tertiary/aromatic N) is 4. The van der Waals surface area contributed by atoms with Crippen LogP contribution in [-0.2, 0) is 12.0 Å². The Hall–Kier alpha value is -2.73. The van der Waals surface area contributed by atoms with Crippen molar-refractivity contribution < 1.29 is 4.79 Å². The number of allylic oxidation sites excluding steroid dienone is 1. The van der Waals surface area contributed by atoms with E-state index in [0.717, 1.165) is 11.4 Å². The van der Waals surface area contributed by atoms with Crippen molar-refractivity contribution >= 4 is 17.5 Å². The van der Waals surface area contributed by atoms with Crippen LogP contribution in [0.15, 0.2) is 66.6 Å². The van der Waals surface area contributed by atoms with Gasteiger partial charge in [0.2, 0.25) is 0 Å². The van der Waals surface area contributed by atoms with Crippen molar-refractivity contribution in [3.8, 4) is 11.4 Å². The molecule has 0 aliphatic carbocycles. The molecule has 3 aromatic rings. The number of Topliss-reactive ketones (excluding diaryl/α,β-unsaturated/α-hetero) is 1. The summed E-state index contributed by atoms with van der Waals surface area (Å²) in [5, 5.41) is 9.28. The zero-order chi connectivity index (χ0) is 20.1. The van der Waals surface area contributed by atoms with Crippen molar-refractivity contribution in [2.45, 2.75) is 37.9 Å². The summed E-state index contributed by atoms with van der Waals surface area (Å²) >= 11 is 1.39. The molecule has 2 heterocycles. The Kier molecular flexibility index (Phi) is 6.09. The fraction of sp³-hybridized carbons (Fsp3) is 0.273. The quantitative estimate of drug-likeness (QED) is 0.328. The van der Waals surface area contributed by atoms with Gasteiger partial charge in [0.25, 0.3) is 0 Å². The molecule has 0 fully saturated rings. The van der Waals surface area contributed by atoms with Crippen molar-refractivity contribution in [3.63, 3.8) is 0 Å². The van der Waals surface area contributed by atoms with Gasteiger partial charge in [-0.3, -0.25) is 14.3 Å². The molecule has 0 atom stereocenters. The molecule has 0 saturated carbocycles. The average molecular weight is 393 g/mol. The molecule has 0 radical (unpaired) electrons. The standard InChI is InChI=1S/C22H24N4OS/c1-5-14-26-20(17-10-12-23-13-11-17)24-25-21(26)28-15-19(27)16-6-8-18(9-7-16)22(2,3)4/h5-13H,1,14-15H2,2-4H3. The Morgan fingerprint density at radius 3 is 2.39 bits per heavy atom. The highest BCUT2D eigenvalue weighted by molar-refractivity contribution is 7.99. The third-order valence-corrected chi connectivity index (χ3v) is 5.34. The van der Waals surface area contributed by atoms with E-state index in [-0.39, 0.29) is 11.2 Å². The molecule has 0 N–H and O–H groups in total. The predicted octanol–water partition coefficient (Wildman–Crippen LogP) is 4.80. The first-order valence-corrected chi connectivity index (χ1v) is 10.1. The molecule has 2 aromatic heterocycles. The summed E-state index contributed by atoms with van der Waals surface area (Å²) in [6, 6.07) is 11.6. The minimum absolute atomic E-state index is 0.0702. The van der Waals surface area contributed by atoms with Crippen molar-refractivity contribution in [2.24, 2.45) is 0 Å². The average Bonchev–Trinajstić information content (AvgIpc) is 3.09. The van der Waals surface area contributed by atoms with E-state index in [4.69, 9.17) is 0 Å². The Morgan fingerprint density at radius 2 is 1.79 bits per heavy atom. The molecular weight excluding hydrogens is 368 g/mol. The van der Waals surface area contributed by atoms with Crippen molar-refractivity contribution in [1.82, 2.24) is 19.7 Å². The van der Waals surface area contributed by atoms with Crippen molar-refractivity contribution in [3.05, 3.63) is 72.6 Å². The fourth-order valence-corrected chi connectivity index (χ4v) is 3.62. The van der Waals surface area contributed by atoms with E-state index in [1.165, 1.54) is 17.3 Å². The predicted molar refractivity (Wildman–Crippen MR) is 114 cm³/mol. The first-order chi connectivity index (χ1) is 13.4. The van der Waals surface area contributed by atoms with E-state index in [2.05, 4.69) is 42.5 Å². The van der Waals surface area contributed by atoms with Crippen LogP contribution in [0, 0.1) is 0 Å². The van der Waals surface area contributed by atoms with Gasteiger partial charge in [0, 0.05) is 30.1 Å². The number of benzene rings is 1. The summed E-state index contributed by atoms with van der Waals surface area (Å²) in [5.74, 6) is 1.12. The molecule has 1 aromatic carbocycles. The van der Waals surface area contributed by atoms with Gasteiger partial charge in [0.15, 0.2) is 16.8 Å². The summed E-state index contributed by atoms with van der Waals surface area (Å²) in [5.41, 5.74) is 2.93. The second-order valence-corrected chi connectivity index (χ2v) is 8.42. The van der Waals surface area contributed by atoms with E-state index in [9.17, 15) is 4.79 Å². The lowest BCUT2D eigenvalue weighted by atomic mass is 9.86. The van der Waals surface area contributed by atoms with Crippen LogP contribution in [0.4, 0.5) is 0 Å². The van der Waals surface area contributed by atoms with Crippen LogP contribution < -0.4 is 0 Å². The highest BCUT2D eigenvalue weighted by Gasteiger charge is 2.17. The lowest BCUT2D eigenvalue weighted by Crippen LogP contribution is -2.11. The van der Waals surface area contributed by atoms with Crippen LogP contribution in [0.3, 0.4) is 0 Å². The zero-order valence-corrected chi connectivity index (χ0v) is 17.2. The van der Waals surface area contributed by atoms with E-state index in [0.29, 0.717) is 23.0 Å². The maximum absolute atomic E-state index is 12.6. The Morgan fingerprint density at radius 1 is 1.11 bits per heavy atom. The van der Waals surface area contributed by atoms with Gasteiger partial charge >= 0.3 is 0 Å². The lowest BCUT2D eigenvalue weighted by Gasteiger charge is -2.18. The van der Waals surface area contributed by atoms with Gasteiger partial charge in [0.1, 0.15) is 0 Å². The number of aromatic nitrogens is 4. The second kappa shape index (κ2) is 8.52. The van der Waals surface area contributed by atoms with Gasteiger partial charge in [-0.2, -0.15) is 0 Å². The summed E-state index contributed by atoms with van der Waals surface area (Å²) in [6.45, 7) is 10.9. The van der Waals surface area contributed by atoms with Crippen LogP contribution >= 0.6 is 11.8 Å². The molecule has 144 valence electrons. The first-order valence-electron chi connectivity index (χ1n) is 9.11. The van der Waals surface area contributed by atoms with Crippen LogP contribution in [0.25, 0.3) is 11.4 Å². The second-order valence-electron chi connectivity index (χ2n) is 7.48. The lowest BCUT2D eigenvalue weighted by molar-refractivity contribution is 0.102. The largest absolute Gasteiger partial charge is 0.298 e. The van der Waals surface area contributed by atoms with Gasteiger partial charge in [-0.25, -0.2) is 0 Å². The summed E-state index contributed by atoms with van der Waals surface area (Å²) in [4.78, 5) is 16.7. The maximum atomic E-state index is 12.6. The molecule has 0 spiro atoms. The number of thioether (sulfide) groups is 1. The molecule has 0 bridgehead atoms. The minimum atomic E-state index is 0.0702. The smallest absolute Gasteiger partial charge is 0.192 e. The monoisotopic (exact) mass is 392 g/mol. The van der Waals surface area contributed by atoms with Crippen LogP contribution in [-0.4, -0.2) is 31.3 Å². The molecule has 6 heteroatoms. The van der Waals surface area contributed by atoms with E-state index < -0.39 is 0 Å². The third kappa shape index (κ3) is 4.57. The molecular formula is C22H24N4OS. The Bertz CT molecular complexity index is 956. The first kappa shape index (κ1) is 20.0. The minimum Gasteiger partial charge on any atom is -0.298 e. The SMILES string of the molecule is C=CCn1c(SCC(=O)c2ccc(C(C)(C)C)cc2)nnc1-c1ccncc1. The topological polar surface area (TPSA) is 60.7 Å². The highest BCUT2D eigenvalue weighted by atomic mass is 32.2. The highest BCUT2D eigenvalue weighted by Crippen LogP contribution is 2.25. The van der Waals surface area contributed by atoms with Gasteiger partial charge in [-0.15, -0.1) is 16.8 Å². The normalized spacial score (nSPS) is 11.4. The molecule has 0 aliphatic rings. The molecule has 0 aliphatic heterocycles.